The molecule has 0 spiro atoms. The largest absolute Gasteiger partial charge is 0.507 e. The molecule has 3 heteroatoms. The molecule has 1 N–H and O–H groups in total. The van der Waals surface area contributed by atoms with Crippen molar-refractivity contribution in [3.05, 3.63) is 65.7 Å². The summed E-state index contributed by atoms with van der Waals surface area (Å²) in [6.07, 6.45) is 0. The van der Waals surface area contributed by atoms with Crippen molar-refractivity contribution >= 4 is 11.6 Å². The zero-order chi connectivity index (χ0) is 14.8. The Morgan fingerprint density at radius 1 is 0.850 bits per heavy atom. The summed E-state index contributed by atoms with van der Waals surface area (Å²) in [4.78, 5) is 25.0. The molecule has 2 aromatic rings. The zero-order valence-electron chi connectivity index (χ0n) is 11.5. The highest BCUT2D eigenvalue weighted by Crippen LogP contribution is 2.30. The maximum absolute atomic E-state index is 12.5. The van der Waals surface area contributed by atoms with Crippen LogP contribution in [0.15, 0.2) is 54.6 Å². The van der Waals surface area contributed by atoms with Gasteiger partial charge in [-0.1, -0.05) is 42.5 Å². The molecular formula is C17H16O3. The lowest BCUT2D eigenvalue weighted by molar-refractivity contribution is 0.0710. The number of hydrogen-bond acceptors (Lipinski definition) is 3. The lowest BCUT2D eigenvalue weighted by Gasteiger charge is -2.22. The van der Waals surface area contributed by atoms with Crippen molar-refractivity contribution in [2.45, 2.75) is 13.8 Å². The molecule has 0 radical (unpaired) electrons. The highest BCUT2D eigenvalue weighted by atomic mass is 16.3. The standard InChI is InChI=1S/C17H16O3/c1-17(2,15(19)12-8-4-3-5-9-12)16(20)13-10-6-7-11-14(13)18/h3-11,18H,1-2H3. The second-order valence-electron chi connectivity index (χ2n) is 5.17. The van der Waals surface area contributed by atoms with E-state index in [0.717, 1.165) is 0 Å². The van der Waals surface area contributed by atoms with Gasteiger partial charge in [-0.3, -0.25) is 9.59 Å². The summed E-state index contributed by atoms with van der Waals surface area (Å²) in [5.74, 6) is -0.748. The van der Waals surface area contributed by atoms with Gasteiger partial charge < -0.3 is 5.11 Å². The van der Waals surface area contributed by atoms with Crippen LogP contribution in [0.5, 0.6) is 5.75 Å². The van der Waals surface area contributed by atoms with Crippen LogP contribution < -0.4 is 0 Å². The van der Waals surface area contributed by atoms with Gasteiger partial charge in [0.15, 0.2) is 11.6 Å². The van der Waals surface area contributed by atoms with Gasteiger partial charge in [0.25, 0.3) is 0 Å². The third kappa shape index (κ3) is 2.48. The summed E-state index contributed by atoms with van der Waals surface area (Å²) in [6, 6.07) is 15.0. The molecule has 2 aromatic carbocycles. The minimum absolute atomic E-state index is 0.105. The summed E-state index contributed by atoms with van der Waals surface area (Å²) in [6.45, 7) is 3.16. The number of rotatable bonds is 4. The maximum Gasteiger partial charge on any atom is 0.179 e. The van der Waals surface area contributed by atoms with Crippen molar-refractivity contribution in [1.29, 1.82) is 0 Å². The van der Waals surface area contributed by atoms with Gasteiger partial charge in [0.05, 0.1) is 11.0 Å². The third-order valence-electron chi connectivity index (χ3n) is 3.32. The third-order valence-corrected chi connectivity index (χ3v) is 3.32. The summed E-state index contributed by atoms with van der Waals surface area (Å²) >= 11 is 0. The van der Waals surface area contributed by atoms with Crippen molar-refractivity contribution in [2.75, 3.05) is 0 Å². The first-order chi connectivity index (χ1) is 9.44. The molecular weight excluding hydrogens is 252 g/mol. The molecule has 0 aliphatic rings. The lowest BCUT2D eigenvalue weighted by Crippen LogP contribution is -2.33. The average Bonchev–Trinajstić information content (AvgIpc) is 2.47. The van der Waals surface area contributed by atoms with E-state index in [0.29, 0.717) is 5.56 Å². The molecule has 0 aromatic heterocycles. The van der Waals surface area contributed by atoms with Gasteiger partial charge in [0, 0.05) is 5.56 Å². The van der Waals surface area contributed by atoms with E-state index in [1.807, 2.05) is 6.07 Å². The van der Waals surface area contributed by atoms with Gasteiger partial charge in [0.1, 0.15) is 5.75 Å². The van der Waals surface area contributed by atoms with Crippen molar-refractivity contribution < 1.29 is 14.7 Å². The number of carbonyl (C=O) groups is 2. The molecule has 0 fully saturated rings. The summed E-state index contributed by atoms with van der Waals surface area (Å²) in [7, 11) is 0. The van der Waals surface area contributed by atoms with Gasteiger partial charge in [-0.15, -0.1) is 0 Å². The molecule has 0 bridgehead atoms. The molecule has 2 rings (SSSR count). The van der Waals surface area contributed by atoms with Crippen molar-refractivity contribution in [1.82, 2.24) is 0 Å². The smallest absolute Gasteiger partial charge is 0.179 e. The number of benzene rings is 2. The topological polar surface area (TPSA) is 54.4 Å². The summed E-state index contributed by atoms with van der Waals surface area (Å²) < 4.78 is 0. The predicted octanol–water partition coefficient (Wildman–Crippen LogP) is 3.48. The fraction of sp³-hybridized carbons (Fsp3) is 0.176. The van der Waals surface area contributed by atoms with E-state index in [1.54, 1.807) is 50.2 Å². The van der Waals surface area contributed by atoms with Crippen LogP contribution in [0.2, 0.25) is 0 Å². The Morgan fingerprint density at radius 3 is 2.00 bits per heavy atom. The Labute approximate surface area is 117 Å². The highest BCUT2D eigenvalue weighted by molar-refractivity contribution is 6.19. The molecule has 0 amide bonds. The van der Waals surface area contributed by atoms with Crippen LogP contribution >= 0.6 is 0 Å². The molecule has 0 aliphatic carbocycles. The molecule has 102 valence electrons. The average molecular weight is 268 g/mol. The number of Topliss-reactive ketones (excluding diaryl/α,β-unsaturated/α-hetero) is 2. The Kier molecular flexibility index (Phi) is 3.70. The van der Waals surface area contributed by atoms with Crippen LogP contribution in [0.4, 0.5) is 0 Å². The molecule has 0 aliphatic heterocycles. The van der Waals surface area contributed by atoms with Crippen molar-refractivity contribution in [2.24, 2.45) is 5.41 Å². The molecule has 0 unspecified atom stereocenters. The fourth-order valence-corrected chi connectivity index (χ4v) is 2.06. The number of carbonyl (C=O) groups excluding carboxylic acids is 2. The van der Waals surface area contributed by atoms with E-state index < -0.39 is 5.41 Å². The number of phenols is 1. The van der Waals surface area contributed by atoms with Crippen LogP contribution in [0.1, 0.15) is 34.6 Å². The monoisotopic (exact) mass is 268 g/mol. The molecule has 0 heterocycles. The lowest BCUT2D eigenvalue weighted by atomic mass is 9.77. The number of phenolic OH excluding ortho intramolecular Hbond substituents is 1. The van der Waals surface area contributed by atoms with Crippen molar-refractivity contribution in [3.8, 4) is 5.75 Å². The molecule has 0 saturated heterocycles. The second kappa shape index (κ2) is 5.29. The van der Waals surface area contributed by atoms with Crippen LogP contribution in [-0.4, -0.2) is 16.7 Å². The van der Waals surface area contributed by atoms with Gasteiger partial charge >= 0.3 is 0 Å². The maximum atomic E-state index is 12.5. The van der Waals surface area contributed by atoms with E-state index in [2.05, 4.69) is 0 Å². The molecule has 20 heavy (non-hydrogen) atoms. The van der Waals surface area contributed by atoms with Crippen molar-refractivity contribution in [3.63, 3.8) is 0 Å². The van der Waals surface area contributed by atoms with Gasteiger partial charge in [-0.25, -0.2) is 0 Å². The summed E-state index contributed by atoms with van der Waals surface area (Å²) in [5.41, 5.74) is -0.566. The van der Waals surface area contributed by atoms with E-state index in [-0.39, 0.29) is 22.9 Å². The first-order valence-corrected chi connectivity index (χ1v) is 6.37. The van der Waals surface area contributed by atoms with Gasteiger partial charge in [-0.2, -0.15) is 0 Å². The predicted molar refractivity (Wildman–Crippen MR) is 77.0 cm³/mol. The zero-order valence-corrected chi connectivity index (χ0v) is 11.5. The van der Waals surface area contributed by atoms with E-state index in [4.69, 9.17) is 0 Å². The number of hydrogen-bond donors (Lipinski definition) is 1. The second-order valence-corrected chi connectivity index (χ2v) is 5.17. The fourth-order valence-electron chi connectivity index (χ4n) is 2.06. The number of ketones is 2. The van der Waals surface area contributed by atoms with E-state index in [9.17, 15) is 14.7 Å². The Bertz CT molecular complexity index is 642. The molecule has 0 atom stereocenters. The highest BCUT2D eigenvalue weighted by Gasteiger charge is 2.37. The molecule has 3 nitrogen and oxygen atoms in total. The number of aromatic hydroxyl groups is 1. The normalized spacial score (nSPS) is 11.1. The first-order valence-electron chi connectivity index (χ1n) is 6.37. The van der Waals surface area contributed by atoms with E-state index >= 15 is 0 Å². The first kappa shape index (κ1) is 14.0. The van der Waals surface area contributed by atoms with Crippen LogP contribution in [0.25, 0.3) is 0 Å². The van der Waals surface area contributed by atoms with Gasteiger partial charge in [0.2, 0.25) is 0 Å². The number of para-hydroxylation sites is 1. The SMILES string of the molecule is CC(C)(C(=O)c1ccccc1)C(=O)c1ccccc1O. The Hall–Kier alpha value is -2.42. The minimum atomic E-state index is -1.22. The Balaban J connectivity index is 2.38. The Morgan fingerprint density at radius 2 is 1.40 bits per heavy atom. The summed E-state index contributed by atoms with van der Waals surface area (Å²) in [5, 5.41) is 9.76. The molecule has 0 saturated carbocycles. The van der Waals surface area contributed by atoms with E-state index in [1.165, 1.54) is 12.1 Å². The van der Waals surface area contributed by atoms with Crippen LogP contribution in [-0.2, 0) is 0 Å². The van der Waals surface area contributed by atoms with Crippen LogP contribution in [0, 0.1) is 5.41 Å². The van der Waals surface area contributed by atoms with Gasteiger partial charge in [-0.05, 0) is 26.0 Å². The quantitative estimate of drug-likeness (QED) is 0.682. The van der Waals surface area contributed by atoms with Crippen LogP contribution in [0.3, 0.4) is 0 Å². The minimum Gasteiger partial charge on any atom is -0.507 e.